The first kappa shape index (κ1) is 15.3. The van der Waals surface area contributed by atoms with E-state index in [0.29, 0.717) is 6.54 Å². The first-order valence-electron chi connectivity index (χ1n) is 6.72. The van der Waals surface area contributed by atoms with Gasteiger partial charge in [-0.2, -0.15) is 0 Å². The third-order valence-electron chi connectivity index (χ3n) is 3.66. The Bertz CT molecular complexity index is 565. The molecule has 0 spiro atoms. The molecule has 1 aliphatic heterocycles. The number of hydrogen-bond donors (Lipinski definition) is 1. The standard InChI is InChI=1S/C14H22N2O3S/c1-14(17)9-4-10-16(11-14)12-5-7-13(8-6-12)20(18,19)15(2)3/h5-8,17H,4,9-11H2,1-3H3. The van der Waals surface area contributed by atoms with Crippen LogP contribution in [-0.4, -0.2) is 50.6 Å². The van der Waals surface area contributed by atoms with Crippen LogP contribution in [0.5, 0.6) is 0 Å². The molecule has 1 aromatic rings. The average Bonchev–Trinajstić information content (AvgIpc) is 2.37. The van der Waals surface area contributed by atoms with Crippen molar-refractivity contribution in [3.05, 3.63) is 24.3 Å². The van der Waals surface area contributed by atoms with Gasteiger partial charge >= 0.3 is 0 Å². The zero-order chi connectivity index (χ0) is 15.0. The minimum atomic E-state index is -3.38. The maximum Gasteiger partial charge on any atom is 0.242 e. The van der Waals surface area contributed by atoms with Crippen molar-refractivity contribution in [1.82, 2.24) is 4.31 Å². The first-order chi connectivity index (χ1) is 9.22. The van der Waals surface area contributed by atoms with E-state index in [1.165, 1.54) is 18.4 Å². The Hall–Kier alpha value is -1.11. The number of nitrogens with zero attached hydrogens (tertiary/aromatic N) is 2. The van der Waals surface area contributed by atoms with Crippen LogP contribution in [0.25, 0.3) is 0 Å². The second-order valence-corrected chi connectivity index (χ2v) is 7.96. The van der Waals surface area contributed by atoms with E-state index in [9.17, 15) is 13.5 Å². The molecular formula is C14H22N2O3S. The maximum atomic E-state index is 12.0. The number of aliphatic hydroxyl groups is 1. The third kappa shape index (κ3) is 3.13. The SMILES string of the molecule is CN(C)S(=O)(=O)c1ccc(N2CCCC(C)(O)C2)cc1. The summed E-state index contributed by atoms with van der Waals surface area (Å²) >= 11 is 0. The summed E-state index contributed by atoms with van der Waals surface area (Å²) in [6.45, 7) is 3.30. The van der Waals surface area contributed by atoms with Crippen molar-refractivity contribution in [3.63, 3.8) is 0 Å². The Labute approximate surface area is 120 Å². The summed E-state index contributed by atoms with van der Waals surface area (Å²) in [5.74, 6) is 0. The number of β-amino-alcohol motifs (C(OH)–C–C–N with tert-alkyl or cyclic N) is 1. The molecule has 6 heteroatoms. The first-order valence-corrected chi connectivity index (χ1v) is 8.16. The summed E-state index contributed by atoms with van der Waals surface area (Å²) in [6, 6.07) is 6.84. The van der Waals surface area contributed by atoms with Crippen molar-refractivity contribution in [1.29, 1.82) is 0 Å². The van der Waals surface area contributed by atoms with Gasteiger partial charge in [0.15, 0.2) is 0 Å². The lowest BCUT2D eigenvalue weighted by atomic mass is 9.95. The van der Waals surface area contributed by atoms with Crippen molar-refractivity contribution in [2.24, 2.45) is 0 Å². The molecule has 0 bridgehead atoms. The molecule has 1 aromatic carbocycles. The van der Waals surface area contributed by atoms with E-state index in [1.54, 1.807) is 24.3 Å². The van der Waals surface area contributed by atoms with Gasteiger partial charge in [-0.15, -0.1) is 0 Å². The van der Waals surface area contributed by atoms with E-state index >= 15 is 0 Å². The van der Waals surface area contributed by atoms with Crippen molar-refractivity contribution < 1.29 is 13.5 Å². The predicted molar refractivity (Wildman–Crippen MR) is 79.4 cm³/mol. The monoisotopic (exact) mass is 298 g/mol. The number of rotatable bonds is 3. The lowest BCUT2D eigenvalue weighted by Crippen LogP contribution is -2.46. The molecule has 1 atom stereocenters. The van der Waals surface area contributed by atoms with Gasteiger partial charge in [-0.25, -0.2) is 12.7 Å². The molecule has 0 aromatic heterocycles. The molecule has 0 aliphatic carbocycles. The summed E-state index contributed by atoms with van der Waals surface area (Å²) < 4.78 is 25.2. The van der Waals surface area contributed by atoms with E-state index in [4.69, 9.17) is 0 Å². The number of hydrogen-bond acceptors (Lipinski definition) is 4. The number of benzene rings is 1. The Morgan fingerprint density at radius 2 is 1.85 bits per heavy atom. The van der Waals surface area contributed by atoms with E-state index in [-0.39, 0.29) is 4.90 Å². The van der Waals surface area contributed by atoms with Crippen LogP contribution in [0.1, 0.15) is 19.8 Å². The fourth-order valence-corrected chi connectivity index (χ4v) is 3.38. The number of piperidine rings is 1. The minimum Gasteiger partial charge on any atom is -0.388 e. The highest BCUT2D eigenvalue weighted by Gasteiger charge is 2.28. The highest BCUT2D eigenvalue weighted by atomic mass is 32.2. The second-order valence-electron chi connectivity index (χ2n) is 5.80. The fraction of sp³-hybridized carbons (Fsp3) is 0.571. The molecule has 0 radical (unpaired) electrons. The van der Waals surface area contributed by atoms with Gasteiger partial charge in [-0.05, 0) is 44.0 Å². The second kappa shape index (κ2) is 5.35. The van der Waals surface area contributed by atoms with Crippen LogP contribution < -0.4 is 4.90 Å². The highest BCUT2D eigenvalue weighted by Crippen LogP contribution is 2.26. The van der Waals surface area contributed by atoms with Gasteiger partial charge in [0.2, 0.25) is 10.0 Å². The Morgan fingerprint density at radius 3 is 2.35 bits per heavy atom. The minimum absolute atomic E-state index is 0.287. The zero-order valence-electron chi connectivity index (χ0n) is 12.2. The van der Waals surface area contributed by atoms with Gasteiger partial charge in [0.05, 0.1) is 10.5 Å². The Balaban J connectivity index is 2.21. The van der Waals surface area contributed by atoms with Gasteiger partial charge < -0.3 is 10.0 Å². The van der Waals surface area contributed by atoms with E-state index < -0.39 is 15.6 Å². The third-order valence-corrected chi connectivity index (χ3v) is 5.48. The molecule has 1 aliphatic rings. The van der Waals surface area contributed by atoms with Crippen LogP contribution >= 0.6 is 0 Å². The Morgan fingerprint density at radius 1 is 1.25 bits per heavy atom. The summed E-state index contributed by atoms with van der Waals surface area (Å²) in [4.78, 5) is 2.38. The summed E-state index contributed by atoms with van der Waals surface area (Å²) in [6.07, 6.45) is 1.74. The highest BCUT2D eigenvalue weighted by molar-refractivity contribution is 7.89. The summed E-state index contributed by atoms with van der Waals surface area (Å²) in [5.41, 5.74) is 0.273. The molecule has 2 rings (SSSR count). The van der Waals surface area contributed by atoms with Crippen molar-refractivity contribution in [3.8, 4) is 0 Å². The van der Waals surface area contributed by atoms with Crippen LogP contribution in [0.2, 0.25) is 0 Å². The van der Waals surface area contributed by atoms with E-state index in [2.05, 4.69) is 4.90 Å². The lowest BCUT2D eigenvalue weighted by molar-refractivity contribution is 0.0449. The normalized spacial score (nSPS) is 24.1. The molecule has 20 heavy (non-hydrogen) atoms. The van der Waals surface area contributed by atoms with E-state index in [1.807, 2.05) is 6.92 Å². The van der Waals surface area contributed by atoms with Crippen molar-refractivity contribution in [2.75, 3.05) is 32.1 Å². The molecule has 1 fully saturated rings. The molecule has 0 saturated carbocycles. The van der Waals surface area contributed by atoms with Crippen molar-refractivity contribution in [2.45, 2.75) is 30.3 Å². The zero-order valence-corrected chi connectivity index (χ0v) is 13.0. The van der Waals surface area contributed by atoms with Crippen LogP contribution in [0.15, 0.2) is 29.2 Å². The molecular weight excluding hydrogens is 276 g/mol. The van der Waals surface area contributed by atoms with Crippen LogP contribution in [0.4, 0.5) is 5.69 Å². The van der Waals surface area contributed by atoms with Crippen LogP contribution in [0, 0.1) is 0 Å². The largest absolute Gasteiger partial charge is 0.388 e. The predicted octanol–water partition coefficient (Wildman–Crippen LogP) is 1.29. The van der Waals surface area contributed by atoms with Gasteiger partial charge in [-0.1, -0.05) is 0 Å². The van der Waals surface area contributed by atoms with Gasteiger partial charge in [-0.3, -0.25) is 0 Å². The summed E-state index contributed by atoms with van der Waals surface area (Å²) in [5, 5.41) is 10.1. The molecule has 1 unspecified atom stereocenters. The Kier molecular flexibility index (Phi) is 4.09. The van der Waals surface area contributed by atoms with Gasteiger partial charge in [0.1, 0.15) is 0 Å². The average molecular weight is 298 g/mol. The van der Waals surface area contributed by atoms with Gasteiger partial charge in [0, 0.05) is 32.9 Å². The van der Waals surface area contributed by atoms with Crippen LogP contribution in [0.3, 0.4) is 0 Å². The molecule has 112 valence electrons. The number of anilines is 1. The fourth-order valence-electron chi connectivity index (χ4n) is 2.48. The lowest BCUT2D eigenvalue weighted by Gasteiger charge is -2.38. The molecule has 1 saturated heterocycles. The van der Waals surface area contributed by atoms with Gasteiger partial charge in [0.25, 0.3) is 0 Å². The van der Waals surface area contributed by atoms with Crippen LogP contribution in [-0.2, 0) is 10.0 Å². The van der Waals surface area contributed by atoms with E-state index in [0.717, 1.165) is 25.1 Å². The molecule has 0 amide bonds. The smallest absolute Gasteiger partial charge is 0.242 e. The number of sulfonamides is 1. The topological polar surface area (TPSA) is 60.9 Å². The molecule has 1 heterocycles. The molecule has 5 nitrogen and oxygen atoms in total. The maximum absolute atomic E-state index is 12.0. The summed E-state index contributed by atoms with van der Waals surface area (Å²) in [7, 11) is -0.344. The molecule has 1 N–H and O–H groups in total. The van der Waals surface area contributed by atoms with Crippen molar-refractivity contribution >= 4 is 15.7 Å². The quantitative estimate of drug-likeness (QED) is 0.913.